The van der Waals surface area contributed by atoms with Gasteiger partial charge >= 0.3 is 0 Å². The van der Waals surface area contributed by atoms with Crippen molar-refractivity contribution in [2.24, 2.45) is 12.5 Å². The summed E-state index contributed by atoms with van der Waals surface area (Å²) in [5.74, 6) is -0.329. The Morgan fingerprint density at radius 2 is 1.97 bits per heavy atom. The number of hydrogen-bond donors (Lipinski definition) is 3. The molecule has 0 spiro atoms. The Labute approximate surface area is 222 Å². The van der Waals surface area contributed by atoms with Gasteiger partial charge in [0.25, 0.3) is 11.5 Å². The van der Waals surface area contributed by atoms with E-state index in [4.69, 9.17) is 5.73 Å². The third kappa shape index (κ3) is 6.84. The van der Waals surface area contributed by atoms with Gasteiger partial charge in [-0.25, -0.2) is 14.5 Å². The number of aromatic nitrogens is 6. The molecule has 10 heteroatoms. The van der Waals surface area contributed by atoms with E-state index in [-0.39, 0.29) is 28.4 Å². The van der Waals surface area contributed by atoms with E-state index in [0.717, 1.165) is 24.1 Å². The Morgan fingerprint density at radius 3 is 2.61 bits per heavy atom. The molecule has 0 atom stereocenters. The zero-order valence-corrected chi connectivity index (χ0v) is 22.8. The minimum absolute atomic E-state index is 0.0228. The number of imidazole rings is 2. The Kier molecular flexibility index (Phi) is 9.01. The first-order valence-corrected chi connectivity index (χ1v) is 12.3. The lowest BCUT2D eigenvalue weighted by Gasteiger charge is -2.33. The molecule has 0 aromatic carbocycles. The number of rotatable bonds is 5. The van der Waals surface area contributed by atoms with Crippen molar-refractivity contribution in [2.75, 3.05) is 12.3 Å². The van der Waals surface area contributed by atoms with E-state index in [2.05, 4.69) is 58.2 Å². The maximum absolute atomic E-state index is 12.7. The lowest BCUT2D eigenvalue weighted by Crippen LogP contribution is -2.31. The van der Waals surface area contributed by atoms with E-state index in [1.807, 2.05) is 32.1 Å². The van der Waals surface area contributed by atoms with E-state index in [9.17, 15) is 9.59 Å². The van der Waals surface area contributed by atoms with Gasteiger partial charge in [0.15, 0.2) is 11.2 Å². The average molecular weight is 517 g/mol. The minimum atomic E-state index is -0.392. The van der Waals surface area contributed by atoms with Gasteiger partial charge in [0, 0.05) is 37.8 Å². The maximum atomic E-state index is 12.7. The van der Waals surface area contributed by atoms with Crippen LogP contribution in [0.5, 0.6) is 0 Å². The molecule has 0 fully saturated rings. The summed E-state index contributed by atoms with van der Waals surface area (Å²) in [5.41, 5.74) is 10.2. The standard InChI is InChI=1S/C25H32N6O2.C3H4N2/c1-16(10-11-19-18(3)27-13-12-25(19,4)5)8-7-9-17(2)14-20(32)31-15-28-21-22(31)29-24(26)30(6)23(21)33;1-2-5-3-4-1/h7-11,14-15,27H,12-13H2,1-6H3,(H2,26,29);1-3H,(H,4,5)/b9-7+,11-10+,16-8+,17-14+;. The monoisotopic (exact) mass is 516 g/mol. The van der Waals surface area contributed by atoms with Crippen molar-refractivity contribution in [1.82, 2.24) is 34.4 Å². The Bertz CT molecular complexity index is 1480. The lowest BCUT2D eigenvalue weighted by molar-refractivity contribution is 0.0972. The molecule has 0 radical (unpaired) electrons. The van der Waals surface area contributed by atoms with Gasteiger partial charge in [-0.3, -0.25) is 14.2 Å². The summed E-state index contributed by atoms with van der Waals surface area (Å²) >= 11 is 0. The normalized spacial score (nSPS) is 16.2. The predicted octanol–water partition coefficient (Wildman–Crippen LogP) is 4.06. The first kappa shape index (κ1) is 28.1. The molecule has 1 aliphatic heterocycles. The fourth-order valence-electron chi connectivity index (χ4n) is 4.01. The highest BCUT2D eigenvalue weighted by molar-refractivity contribution is 5.96. The number of allylic oxidation sites excluding steroid dienone is 10. The molecule has 3 aromatic heterocycles. The molecule has 0 amide bonds. The molecule has 3 aromatic rings. The van der Waals surface area contributed by atoms with Crippen molar-refractivity contribution >= 4 is 23.0 Å². The van der Waals surface area contributed by atoms with Crippen molar-refractivity contribution in [3.8, 4) is 0 Å². The lowest BCUT2D eigenvalue weighted by atomic mass is 9.77. The Morgan fingerprint density at radius 1 is 1.21 bits per heavy atom. The summed E-state index contributed by atoms with van der Waals surface area (Å²) in [6.45, 7) is 11.5. The number of carbonyl (C=O) groups is 1. The number of nitrogens with zero attached hydrogens (tertiary/aromatic N) is 5. The quantitative estimate of drug-likeness (QED) is 0.344. The van der Waals surface area contributed by atoms with Crippen LogP contribution in [0, 0.1) is 5.41 Å². The van der Waals surface area contributed by atoms with Crippen molar-refractivity contribution in [3.05, 3.63) is 94.3 Å². The number of anilines is 1. The van der Waals surface area contributed by atoms with Gasteiger partial charge < -0.3 is 16.0 Å². The van der Waals surface area contributed by atoms with Crippen LogP contribution in [-0.2, 0) is 7.05 Å². The SMILES string of the molecule is CC1=C(/C=C/C(C)=C/C=C/C(C)=C/C(=O)n2cnc3c(=O)n(C)c(N)nc32)C(C)(C)CCN1.c1c[nH]cn1. The van der Waals surface area contributed by atoms with Crippen molar-refractivity contribution in [1.29, 1.82) is 0 Å². The number of aromatic amines is 1. The van der Waals surface area contributed by atoms with E-state index < -0.39 is 5.56 Å². The van der Waals surface area contributed by atoms with E-state index in [0.29, 0.717) is 0 Å². The first-order valence-electron chi connectivity index (χ1n) is 12.3. The number of nitrogens with two attached hydrogens (primary N) is 1. The Balaban J connectivity index is 0.000000715. The van der Waals surface area contributed by atoms with Crippen LogP contribution in [0.25, 0.3) is 11.2 Å². The first-order chi connectivity index (χ1) is 18.0. The number of hydrogen-bond acceptors (Lipinski definition) is 7. The van der Waals surface area contributed by atoms with Gasteiger partial charge in [-0.1, -0.05) is 49.8 Å². The molecule has 38 heavy (non-hydrogen) atoms. The van der Waals surface area contributed by atoms with Gasteiger partial charge in [-0.05, 0) is 43.8 Å². The molecule has 200 valence electrons. The molecule has 4 rings (SSSR count). The smallest absolute Gasteiger partial charge is 0.282 e. The highest BCUT2D eigenvalue weighted by Gasteiger charge is 2.26. The highest BCUT2D eigenvalue weighted by Crippen LogP contribution is 2.35. The van der Waals surface area contributed by atoms with Crippen LogP contribution >= 0.6 is 0 Å². The van der Waals surface area contributed by atoms with Gasteiger partial charge in [0.1, 0.15) is 6.33 Å². The second-order valence-electron chi connectivity index (χ2n) is 9.81. The summed E-state index contributed by atoms with van der Waals surface area (Å²) in [5, 5.41) is 3.44. The van der Waals surface area contributed by atoms with Gasteiger partial charge in [0.2, 0.25) is 5.95 Å². The number of carbonyl (C=O) groups excluding carboxylic acids is 1. The molecule has 1 aliphatic rings. The molecular formula is C28H36N8O2. The van der Waals surface area contributed by atoms with Crippen LogP contribution < -0.4 is 16.6 Å². The van der Waals surface area contributed by atoms with E-state index in [1.54, 1.807) is 18.7 Å². The van der Waals surface area contributed by atoms with Crippen molar-refractivity contribution < 1.29 is 4.79 Å². The molecule has 0 unspecified atom stereocenters. The summed E-state index contributed by atoms with van der Waals surface area (Å²) < 4.78 is 2.42. The van der Waals surface area contributed by atoms with Crippen LogP contribution in [0.3, 0.4) is 0 Å². The number of nitrogens with one attached hydrogen (secondary N) is 2. The van der Waals surface area contributed by atoms with Crippen molar-refractivity contribution in [3.63, 3.8) is 0 Å². The minimum Gasteiger partial charge on any atom is -0.388 e. The molecular weight excluding hydrogens is 480 g/mol. The molecule has 10 nitrogen and oxygen atoms in total. The zero-order valence-electron chi connectivity index (χ0n) is 22.8. The van der Waals surface area contributed by atoms with E-state index in [1.165, 1.54) is 39.9 Å². The third-order valence-corrected chi connectivity index (χ3v) is 6.31. The fourth-order valence-corrected chi connectivity index (χ4v) is 4.01. The van der Waals surface area contributed by atoms with Crippen LogP contribution in [0.15, 0.2) is 88.7 Å². The molecule has 0 bridgehead atoms. The zero-order chi connectivity index (χ0) is 27.9. The molecule has 4 N–H and O–H groups in total. The summed E-state index contributed by atoms with van der Waals surface area (Å²) in [6, 6.07) is 0. The average Bonchev–Trinajstić information content (AvgIpc) is 3.56. The molecule has 4 heterocycles. The Hall–Kier alpha value is -4.47. The molecule has 0 saturated heterocycles. The second-order valence-corrected chi connectivity index (χ2v) is 9.81. The summed E-state index contributed by atoms with van der Waals surface area (Å²) in [7, 11) is 1.51. The van der Waals surface area contributed by atoms with Crippen LogP contribution in [0.4, 0.5) is 5.95 Å². The van der Waals surface area contributed by atoms with Crippen LogP contribution in [-0.4, -0.2) is 41.5 Å². The number of fused-ring (bicyclic) bond motifs is 1. The fraction of sp³-hybridized carbons (Fsp3) is 0.321. The molecule has 0 aliphatic carbocycles. The van der Waals surface area contributed by atoms with Crippen LogP contribution in [0.1, 0.15) is 45.8 Å². The van der Waals surface area contributed by atoms with Gasteiger partial charge in [-0.2, -0.15) is 4.98 Å². The van der Waals surface area contributed by atoms with E-state index >= 15 is 0 Å². The highest BCUT2D eigenvalue weighted by atomic mass is 16.2. The largest absolute Gasteiger partial charge is 0.388 e. The summed E-state index contributed by atoms with van der Waals surface area (Å²) in [4.78, 5) is 39.5. The summed E-state index contributed by atoms with van der Waals surface area (Å²) in [6.07, 6.45) is 19.0. The van der Waals surface area contributed by atoms with Gasteiger partial charge in [-0.15, -0.1) is 0 Å². The predicted molar refractivity (Wildman–Crippen MR) is 151 cm³/mol. The van der Waals surface area contributed by atoms with Gasteiger partial charge in [0.05, 0.1) is 6.33 Å². The van der Waals surface area contributed by atoms with Crippen LogP contribution in [0.2, 0.25) is 0 Å². The number of H-pyrrole nitrogens is 1. The second kappa shape index (κ2) is 12.2. The maximum Gasteiger partial charge on any atom is 0.282 e. The van der Waals surface area contributed by atoms with Crippen molar-refractivity contribution in [2.45, 2.75) is 41.0 Å². The topological polar surface area (TPSA) is 137 Å². The third-order valence-electron chi connectivity index (χ3n) is 6.31. The molecule has 0 saturated carbocycles. The number of nitrogen functional groups attached to an aromatic ring is 1.